The number of nitrogens with zero attached hydrogens (tertiary/aromatic N) is 2. The number of thiophene rings is 1. The van der Waals surface area contributed by atoms with Gasteiger partial charge in [-0.1, -0.05) is 18.2 Å². The van der Waals surface area contributed by atoms with Gasteiger partial charge < -0.3 is 10.6 Å². The van der Waals surface area contributed by atoms with Crippen LogP contribution in [0.4, 0.5) is 15.8 Å². The van der Waals surface area contributed by atoms with Crippen LogP contribution < -0.4 is 10.6 Å². The Morgan fingerprint density at radius 3 is 2.47 bits per heavy atom. The summed E-state index contributed by atoms with van der Waals surface area (Å²) in [4.78, 5) is 25.4. The van der Waals surface area contributed by atoms with Crippen LogP contribution in [0.15, 0.2) is 54.6 Å². The van der Waals surface area contributed by atoms with Crippen molar-refractivity contribution < 1.29 is 14.0 Å². The fraction of sp³-hybridized carbons (Fsp3) is 0.136. The van der Waals surface area contributed by atoms with Crippen LogP contribution in [0.1, 0.15) is 27.9 Å². The number of hydrogen-bond acceptors (Lipinski definition) is 4. The van der Waals surface area contributed by atoms with E-state index < -0.39 is 0 Å². The molecule has 2 aromatic carbocycles. The van der Waals surface area contributed by atoms with E-state index in [2.05, 4.69) is 15.7 Å². The minimum absolute atomic E-state index is 0.177. The molecule has 0 aliphatic rings. The van der Waals surface area contributed by atoms with Gasteiger partial charge in [0, 0.05) is 23.7 Å². The molecular weight excluding hydrogens is 403 g/mol. The second kappa shape index (κ2) is 8.08. The van der Waals surface area contributed by atoms with Gasteiger partial charge in [-0.3, -0.25) is 14.3 Å². The van der Waals surface area contributed by atoms with Crippen LogP contribution in [0.25, 0.3) is 10.2 Å². The molecule has 8 heteroatoms. The first-order valence-electron chi connectivity index (χ1n) is 9.29. The summed E-state index contributed by atoms with van der Waals surface area (Å²) in [5.41, 5.74) is 2.96. The summed E-state index contributed by atoms with van der Waals surface area (Å²) in [7, 11) is 0. The number of fused-ring (bicyclic) bond motifs is 1. The number of anilines is 2. The van der Waals surface area contributed by atoms with Gasteiger partial charge in [-0.15, -0.1) is 11.3 Å². The maximum atomic E-state index is 13.2. The lowest BCUT2D eigenvalue weighted by Gasteiger charge is -2.07. The second-order valence-corrected chi connectivity index (χ2v) is 7.95. The van der Waals surface area contributed by atoms with Gasteiger partial charge in [-0.25, -0.2) is 4.39 Å². The molecule has 0 unspecified atom stereocenters. The number of benzene rings is 2. The van der Waals surface area contributed by atoms with E-state index in [1.54, 1.807) is 36.4 Å². The maximum absolute atomic E-state index is 13.2. The number of halogens is 1. The first-order chi connectivity index (χ1) is 14.4. The molecule has 2 amide bonds. The van der Waals surface area contributed by atoms with E-state index in [-0.39, 0.29) is 17.6 Å². The molecule has 0 saturated heterocycles. The third kappa shape index (κ3) is 4.23. The van der Waals surface area contributed by atoms with Crippen LogP contribution in [0.3, 0.4) is 0 Å². The molecule has 0 aliphatic heterocycles. The Morgan fingerprint density at radius 1 is 1.07 bits per heavy atom. The van der Waals surface area contributed by atoms with Crippen LogP contribution >= 0.6 is 11.3 Å². The summed E-state index contributed by atoms with van der Waals surface area (Å²) in [5, 5.41) is 11.0. The predicted octanol–water partition coefficient (Wildman–Crippen LogP) is 4.80. The van der Waals surface area contributed by atoms with Crippen LogP contribution in [-0.4, -0.2) is 21.6 Å². The lowest BCUT2D eigenvalue weighted by atomic mass is 10.2. The minimum atomic E-state index is -0.279. The Balaban J connectivity index is 1.57. The molecule has 2 heterocycles. The molecule has 0 radical (unpaired) electrons. The molecule has 2 aromatic heterocycles. The molecule has 0 saturated carbocycles. The van der Waals surface area contributed by atoms with Gasteiger partial charge in [0.05, 0.1) is 17.1 Å². The number of aryl methyl sites for hydroxylation is 1. The van der Waals surface area contributed by atoms with Crippen molar-refractivity contribution in [1.29, 1.82) is 0 Å². The van der Waals surface area contributed by atoms with Gasteiger partial charge in [0.15, 0.2) is 0 Å². The summed E-state index contributed by atoms with van der Waals surface area (Å²) in [6.07, 6.45) is 0. The topological polar surface area (TPSA) is 76.0 Å². The Bertz CT molecular complexity index is 1240. The average molecular weight is 422 g/mol. The molecule has 152 valence electrons. The molecule has 2 N–H and O–H groups in total. The van der Waals surface area contributed by atoms with Crippen LogP contribution in [0, 0.1) is 12.7 Å². The average Bonchev–Trinajstić information content (AvgIpc) is 3.25. The number of hydrogen-bond donors (Lipinski definition) is 2. The summed E-state index contributed by atoms with van der Waals surface area (Å²) in [6.45, 7) is 3.82. The largest absolute Gasteiger partial charge is 0.326 e. The summed E-state index contributed by atoms with van der Waals surface area (Å²) in [6, 6.07) is 15.1. The van der Waals surface area contributed by atoms with E-state index in [9.17, 15) is 14.0 Å². The van der Waals surface area contributed by atoms with Gasteiger partial charge >= 0.3 is 0 Å². The number of nitrogens with one attached hydrogen (secondary N) is 2. The Hall–Kier alpha value is -3.52. The number of rotatable bonds is 5. The first-order valence-corrected chi connectivity index (χ1v) is 10.1. The van der Waals surface area contributed by atoms with E-state index in [4.69, 9.17) is 0 Å². The van der Waals surface area contributed by atoms with E-state index in [1.165, 1.54) is 30.4 Å². The Morgan fingerprint density at radius 2 is 1.77 bits per heavy atom. The van der Waals surface area contributed by atoms with Crippen molar-refractivity contribution in [2.24, 2.45) is 0 Å². The van der Waals surface area contributed by atoms with E-state index in [0.29, 0.717) is 22.8 Å². The predicted molar refractivity (Wildman–Crippen MR) is 117 cm³/mol. The molecular formula is C22H19FN4O2S. The van der Waals surface area contributed by atoms with Crippen molar-refractivity contribution in [3.63, 3.8) is 0 Å². The molecule has 0 fully saturated rings. The van der Waals surface area contributed by atoms with Crippen molar-refractivity contribution in [1.82, 2.24) is 9.78 Å². The fourth-order valence-corrected chi connectivity index (χ4v) is 4.22. The normalized spacial score (nSPS) is 10.9. The third-order valence-electron chi connectivity index (χ3n) is 4.52. The quantitative estimate of drug-likeness (QED) is 0.485. The summed E-state index contributed by atoms with van der Waals surface area (Å²) < 4.78 is 15.0. The van der Waals surface area contributed by atoms with Crippen molar-refractivity contribution in [2.75, 3.05) is 10.6 Å². The number of carbonyl (C=O) groups is 2. The zero-order valence-electron chi connectivity index (χ0n) is 16.4. The Labute approximate surface area is 176 Å². The molecule has 0 spiro atoms. The zero-order valence-corrected chi connectivity index (χ0v) is 17.2. The molecule has 4 aromatic rings. The molecule has 0 bridgehead atoms. The van der Waals surface area contributed by atoms with Crippen molar-refractivity contribution in [2.45, 2.75) is 20.4 Å². The zero-order chi connectivity index (χ0) is 21.3. The van der Waals surface area contributed by atoms with Gasteiger partial charge in [0.25, 0.3) is 5.91 Å². The van der Waals surface area contributed by atoms with Gasteiger partial charge in [-0.05, 0) is 48.9 Å². The van der Waals surface area contributed by atoms with Crippen LogP contribution in [-0.2, 0) is 11.3 Å². The highest BCUT2D eigenvalue weighted by Gasteiger charge is 2.17. The van der Waals surface area contributed by atoms with E-state index in [1.807, 2.05) is 17.7 Å². The second-order valence-electron chi connectivity index (χ2n) is 6.92. The number of amides is 2. The highest BCUT2D eigenvalue weighted by molar-refractivity contribution is 7.20. The molecule has 4 rings (SSSR count). The van der Waals surface area contributed by atoms with Crippen molar-refractivity contribution >= 4 is 44.7 Å². The first kappa shape index (κ1) is 19.8. The van der Waals surface area contributed by atoms with E-state index in [0.717, 1.165) is 21.5 Å². The Kier molecular flexibility index (Phi) is 5.33. The van der Waals surface area contributed by atoms with E-state index >= 15 is 0 Å². The monoisotopic (exact) mass is 422 g/mol. The fourth-order valence-electron chi connectivity index (χ4n) is 3.17. The standard InChI is InChI=1S/C22H19FN4O2S/c1-13-19-11-20(21(29)25-18-5-3-4-17(10-18)24-14(2)28)30-22(19)27(26-13)12-15-6-8-16(23)9-7-15/h3-11H,12H2,1-2H3,(H,24,28)(H,25,29). The molecule has 30 heavy (non-hydrogen) atoms. The third-order valence-corrected chi connectivity index (χ3v) is 5.66. The van der Waals surface area contributed by atoms with Crippen molar-refractivity contribution in [3.05, 3.63) is 76.5 Å². The van der Waals surface area contributed by atoms with Crippen LogP contribution in [0.2, 0.25) is 0 Å². The minimum Gasteiger partial charge on any atom is -0.326 e. The van der Waals surface area contributed by atoms with Gasteiger partial charge in [0.1, 0.15) is 10.6 Å². The molecule has 6 nitrogen and oxygen atoms in total. The lowest BCUT2D eigenvalue weighted by Crippen LogP contribution is -2.11. The number of aromatic nitrogens is 2. The summed E-state index contributed by atoms with van der Waals surface area (Å²) in [5.74, 6) is -0.689. The smallest absolute Gasteiger partial charge is 0.265 e. The van der Waals surface area contributed by atoms with Gasteiger partial charge in [-0.2, -0.15) is 5.10 Å². The van der Waals surface area contributed by atoms with Crippen molar-refractivity contribution in [3.8, 4) is 0 Å². The molecule has 0 atom stereocenters. The van der Waals surface area contributed by atoms with Gasteiger partial charge in [0.2, 0.25) is 5.91 Å². The van der Waals surface area contributed by atoms with Crippen LogP contribution in [0.5, 0.6) is 0 Å². The number of carbonyl (C=O) groups excluding carboxylic acids is 2. The lowest BCUT2D eigenvalue weighted by molar-refractivity contribution is -0.114. The summed E-state index contributed by atoms with van der Waals surface area (Å²) >= 11 is 1.35. The highest BCUT2D eigenvalue weighted by atomic mass is 32.1. The SMILES string of the molecule is CC(=O)Nc1cccc(NC(=O)c2cc3c(C)nn(Cc4ccc(F)cc4)c3s2)c1. The molecule has 0 aliphatic carbocycles. The maximum Gasteiger partial charge on any atom is 0.265 e. The highest BCUT2D eigenvalue weighted by Crippen LogP contribution is 2.29.